The van der Waals surface area contributed by atoms with Crippen LogP contribution in [-0.2, 0) is 0 Å². The second-order valence-corrected chi connectivity index (χ2v) is 2.27. The fraction of sp³-hybridized carbons (Fsp3) is 0. The smallest absolute Gasteiger partial charge is 0.222 e. The van der Waals surface area contributed by atoms with E-state index < -0.39 is 20.5 Å². The summed E-state index contributed by atoms with van der Waals surface area (Å²) in [6, 6.07) is 0. The summed E-state index contributed by atoms with van der Waals surface area (Å²) in [5, 5.41) is 0. The first-order valence-electron chi connectivity index (χ1n) is 1.23. The Hall–Kier alpha value is 0.779. The first-order chi connectivity index (χ1) is 4.00. The van der Waals surface area contributed by atoms with Crippen molar-refractivity contribution in [3.8, 4) is 0 Å². The van der Waals surface area contributed by atoms with Gasteiger partial charge in [-0.15, -0.1) is 20.5 Å². The van der Waals surface area contributed by atoms with Gasteiger partial charge in [-0.05, 0) is 0 Å². The molecule has 0 saturated carbocycles. The normalized spacial score (nSPS) is 10.9. The predicted molar refractivity (Wildman–Crippen MR) is 5.75 cm³/mol. The summed E-state index contributed by atoms with van der Waals surface area (Å²) in [6.07, 6.45) is 0. The third kappa shape index (κ3) is 1370. The van der Waals surface area contributed by atoms with E-state index in [4.69, 9.17) is 37.3 Å². The summed E-state index contributed by atoms with van der Waals surface area (Å²) in [5.41, 5.74) is 0. The third-order valence-corrected chi connectivity index (χ3v) is 0. The molecule has 11 heavy (non-hydrogen) atoms. The van der Waals surface area contributed by atoms with Crippen molar-refractivity contribution in [1.29, 1.82) is 0 Å². The largest absolute Gasteiger partial charge is 2.00 e. The van der Waals surface area contributed by atoms with Crippen molar-refractivity contribution in [3.63, 3.8) is 0 Å². The van der Waals surface area contributed by atoms with Crippen LogP contribution < -0.4 is 37.3 Å². The van der Waals surface area contributed by atoms with Gasteiger partial charge >= 0.3 is 17.1 Å². The molecule has 0 aliphatic heterocycles. The molecule has 0 rings (SSSR count). The molecule has 8 nitrogen and oxygen atoms in total. The molecule has 0 aliphatic carbocycles. The average Bonchev–Trinajstić information content (AvgIpc) is 1.12. The monoisotopic (exact) mass is 278 g/mol. The minimum absolute atomic E-state index is 0. The van der Waals surface area contributed by atoms with E-state index >= 15 is 0 Å². The molecule has 4 radical (unpaired) electrons. The maximum Gasteiger partial charge on any atom is 2.00 e. The van der Waals surface area contributed by atoms with Crippen LogP contribution in [0, 0.1) is 20.5 Å². The average molecular weight is 278 g/mol. The number of halogens is 2. The van der Waals surface area contributed by atoms with Gasteiger partial charge in [-0.25, -0.2) is 37.3 Å². The Morgan fingerprint density at radius 2 is 0.455 bits per heavy atom. The van der Waals surface area contributed by atoms with E-state index in [9.17, 15) is 0 Å². The molecular formula is Cl2O8Se. The molecule has 0 amide bonds. The molecule has 0 heterocycles. The van der Waals surface area contributed by atoms with Crippen LogP contribution >= 0.6 is 0 Å². The first-order valence-corrected chi connectivity index (χ1v) is 3.70. The molecule has 0 aliphatic rings. The van der Waals surface area contributed by atoms with Crippen LogP contribution in [0.3, 0.4) is 0 Å². The molecule has 0 unspecified atom stereocenters. The summed E-state index contributed by atoms with van der Waals surface area (Å²) in [4.78, 5) is 0. The van der Waals surface area contributed by atoms with Gasteiger partial charge in [-0.3, -0.25) is 0 Å². The van der Waals surface area contributed by atoms with Crippen LogP contribution in [0.5, 0.6) is 0 Å². The Bertz CT molecular complexity index is 55.1. The number of hydrogen-bond donors (Lipinski definition) is 0. The molecule has 0 aromatic carbocycles. The van der Waals surface area contributed by atoms with Crippen LogP contribution in [0.15, 0.2) is 0 Å². The van der Waals surface area contributed by atoms with Crippen molar-refractivity contribution < 1.29 is 57.8 Å². The molecule has 0 aromatic rings. The van der Waals surface area contributed by atoms with Crippen LogP contribution in [0.4, 0.5) is 0 Å². The molecule has 0 atom stereocenters. The molecule has 0 bridgehead atoms. The van der Waals surface area contributed by atoms with Gasteiger partial charge in [0.05, 0.1) is 0 Å². The fourth-order valence-corrected chi connectivity index (χ4v) is 0. The summed E-state index contributed by atoms with van der Waals surface area (Å²) >= 11 is 0. The molecule has 0 N–H and O–H groups in total. The molecular weight excluding hydrogens is 278 g/mol. The van der Waals surface area contributed by atoms with Gasteiger partial charge in [0.2, 0.25) is 0 Å². The fourth-order valence-electron chi connectivity index (χ4n) is 0. The zero-order valence-electron chi connectivity index (χ0n) is 4.43. The Kier molecular flexibility index (Phi) is 10.2. The third-order valence-electron chi connectivity index (χ3n) is 0. The summed E-state index contributed by atoms with van der Waals surface area (Å²) in [6.45, 7) is 0. The van der Waals surface area contributed by atoms with E-state index in [0.717, 1.165) is 0 Å². The second kappa shape index (κ2) is 6.31. The van der Waals surface area contributed by atoms with Crippen molar-refractivity contribution in [2.24, 2.45) is 0 Å². The Balaban J connectivity index is -0.000000107. The summed E-state index contributed by atoms with van der Waals surface area (Å²) in [7, 11) is -9.89. The second-order valence-electron chi connectivity index (χ2n) is 0.756. The van der Waals surface area contributed by atoms with Crippen molar-refractivity contribution in [3.05, 3.63) is 0 Å². The Morgan fingerprint density at radius 1 is 0.455 bits per heavy atom. The number of hydrogen-bond acceptors (Lipinski definition) is 8. The van der Waals surface area contributed by atoms with Gasteiger partial charge in [0.25, 0.3) is 0 Å². The number of rotatable bonds is 0. The first kappa shape index (κ1) is 17.8. The van der Waals surface area contributed by atoms with E-state index in [1.54, 1.807) is 0 Å². The van der Waals surface area contributed by atoms with Crippen molar-refractivity contribution >= 4 is 17.1 Å². The molecule has 0 aromatic heterocycles. The minimum atomic E-state index is -4.94. The molecule has 68 valence electrons. The molecule has 0 fully saturated rings. The maximum absolute atomic E-state index is 8.49. The van der Waals surface area contributed by atoms with Gasteiger partial charge < -0.3 is 0 Å². The van der Waals surface area contributed by atoms with E-state index in [1.165, 1.54) is 0 Å². The molecule has 0 saturated heterocycles. The van der Waals surface area contributed by atoms with Crippen LogP contribution in [0.1, 0.15) is 0 Å². The van der Waals surface area contributed by atoms with Gasteiger partial charge in [0, 0.05) is 0 Å². The van der Waals surface area contributed by atoms with Crippen molar-refractivity contribution in [2.75, 3.05) is 0 Å². The van der Waals surface area contributed by atoms with Crippen molar-refractivity contribution in [1.82, 2.24) is 0 Å². The summed E-state index contributed by atoms with van der Waals surface area (Å²) in [5.74, 6) is 0. The minimum Gasteiger partial charge on any atom is -0.222 e. The van der Waals surface area contributed by atoms with Crippen LogP contribution in [0.2, 0.25) is 0 Å². The Morgan fingerprint density at radius 3 is 0.455 bits per heavy atom. The van der Waals surface area contributed by atoms with E-state index in [2.05, 4.69) is 0 Å². The van der Waals surface area contributed by atoms with Crippen LogP contribution in [0.25, 0.3) is 0 Å². The van der Waals surface area contributed by atoms with E-state index in [-0.39, 0.29) is 17.1 Å². The van der Waals surface area contributed by atoms with Gasteiger partial charge in [0.1, 0.15) is 0 Å². The van der Waals surface area contributed by atoms with Gasteiger partial charge in [-0.2, -0.15) is 0 Å². The zero-order valence-corrected chi connectivity index (χ0v) is 7.66. The Labute approximate surface area is 75.3 Å². The van der Waals surface area contributed by atoms with E-state index in [1.807, 2.05) is 0 Å². The van der Waals surface area contributed by atoms with Crippen LogP contribution in [-0.4, -0.2) is 17.1 Å². The topological polar surface area (TPSA) is 184 Å². The zero-order chi connectivity index (χ0) is 9.00. The SMILES string of the molecule is [O-][Cl+3]([O-])([O-])[O-].[O-][Cl+3]([O-])([O-])[O-].[Se+2]. The van der Waals surface area contributed by atoms with Crippen molar-refractivity contribution in [2.45, 2.75) is 0 Å². The maximum atomic E-state index is 8.49. The van der Waals surface area contributed by atoms with Gasteiger partial charge in [0.15, 0.2) is 0 Å². The quantitative estimate of drug-likeness (QED) is 0.390. The molecule has 11 heteroatoms. The predicted octanol–water partition coefficient (Wildman–Crippen LogP) is -9.89. The molecule has 0 spiro atoms. The summed E-state index contributed by atoms with van der Waals surface area (Å²) < 4.78 is 67.9. The standard InChI is InChI=1S/2ClHO4.Se/c2*2-1(3,4)5;/h2*(H,2,3,4,5);/q;;+2/p-2. The van der Waals surface area contributed by atoms with Gasteiger partial charge in [-0.1, -0.05) is 0 Å². The van der Waals surface area contributed by atoms with E-state index in [0.29, 0.717) is 0 Å².